The largest absolute Gasteiger partial charge is 0.316 e. The summed E-state index contributed by atoms with van der Waals surface area (Å²) in [5.41, 5.74) is 0.895. The highest BCUT2D eigenvalue weighted by Crippen LogP contribution is 2.16. The Morgan fingerprint density at radius 3 is 2.56 bits per heavy atom. The Bertz CT molecular complexity index is 408. The highest BCUT2D eigenvalue weighted by atomic mass is 16.2. The van der Waals surface area contributed by atoms with E-state index in [1.807, 2.05) is 30.3 Å². The Morgan fingerprint density at radius 2 is 2.00 bits per heavy atom. The quantitative estimate of drug-likeness (QED) is 0.770. The minimum atomic E-state index is 0.00289. The Kier molecular flexibility index (Phi) is 5.93. The van der Waals surface area contributed by atoms with Crippen LogP contribution in [0.4, 0.5) is 5.69 Å². The molecular weight excluding hydrogens is 224 g/mol. The van der Waals surface area contributed by atoms with Crippen molar-refractivity contribution in [1.29, 1.82) is 5.26 Å². The molecule has 0 radical (unpaired) electrons. The zero-order valence-electron chi connectivity index (χ0n) is 11.1. The summed E-state index contributed by atoms with van der Waals surface area (Å²) >= 11 is 0. The molecule has 0 saturated heterocycles. The van der Waals surface area contributed by atoms with Crippen molar-refractivity contribution in [1.82, 2.24) is 0 Å². The predicted molar refractivity (Wildman–Crippen MR) is 73.1 cm³/mol. The van der Waals surface area contributed by atoms with Crippen LogP contribution in [0, 0.1) is 17.2 Å². The fourth-order valence-corrected chi connectivity index (χ4v) is 1.88. The number of carbonyl (C=O) groups is 1. The Labute approximate surface area is 109 Å². The van der Waals surface area contributed by atoms with Crippen LogP contribution in [0.1, 0.15) is 32.6 Å². The van der Waals surface area contributed by atoms with Crippen LogP contribution in [-0.2, 0) is 4.79 Å². The van der Waals surface area contributed by atoms with Gasteiger partial charge in [0.15, 0.2) is 0 Å². The van der Waals surface area contributed by atoms with E-state index < -0.39 is 0 Å². The van der Waals surface area contributed by atoms with Crippen molar-refractivity contribution in [2.24, 2.45) is 5.92 Å². The van der Waals surface area contributed by atoms with Crippen LogP contribution >= 0.6 is 0 Å². The lowest BCUT2D eigenvalue weighted by Gasteiger charge is -2.17. The van der Waals surface area contributed by atoms with E-state index in [4.69, 9.17) is 5.26 Å². The minimum Gasteiger partial charge on any atom is -0.316 e. The fourth-order valence-electron chi connectivity index (χ4n) is 1.88. The molecule has 0 bridgehead atoms. The highest BCUT2D eigenvalue weighted by molar-refractivity contribution is 5.92. The maximum Gasteiger partial charge on any atom is 0.226 e. The van der Waals surface area contributed by atoms with Gasteiger partial charge in [0.05, 0.1) is 6.07 Å². The van der Waals surface area contributed by atoms with Gasteiger partial charge in [-0.25, -0.2) is 0 Å². The number of hydrogen-bond acceptors (Lipinski definition) is 2. The summed E-state index contributed by atoms with van der Waals surface area (Å²) < 4.78 is 0. The SMILES string of the molecule is CCCC(C#N)CCC(=O)N(C)c1ccccc1. The van der Waals surface area contributed by atoms with Crippen molar-refractivity contribution in [3.8, 4) is 6.07 Å². The molecule has 1 aromatic carbocycles. The van der Waals surface area contributed by atoms with E-state index in [9.17, 15) is 4.79 Å². The second kappa shape index (κ2) is 7.50. The summed E-state index contributed by atoms with van der Waals surface area (Å²) in [5.74, 6) is 0.0701. The van der Waals surface area contributed by atoms with E-state index in [-0.39, 0.29) is 11.8 Å². The zero-order chi connectivity index (χ0) is 13.4. The molecule has 3 heteroatoms. The summed E-state index contributed by atoms with van der Waals surface area (Å²) in [6.07, 6.45) is 2.95. The lowest BCUT2D eigenvalue weighted by atomic mass is 9.99. The van der Waals surface area contributed by atoms with Gasteiger partial charge in [-0.3, -0.25) is 4.79 Å². The number of nitrogens with zero attached hydrogens (tertiary/aromatic N) is 2. The highest BCUT2D eigenvalue weighted by Gasteiger charge is 2.13. The number of anilines is 1. The third kappa shape index (κ3) is 4.21. The maximum atomic E-state index is 12.0. The minimum absolute atomic E-state index is 0.00289. The molecule has 0 spiro atoms. The van der Waals surface area contributed by atoms with Crippen LogP contribution in [0.2, 0.25) is 0 Å². The van der Waals surface area contributed by atoms with Gasteiger partial charge in [-0.1, -0.05) is 31.5 Å². The van der Waals surface area contributed by atoms with E-state index in [0.29, 0.717) is 12.8 Å². The smallest absolute Gasteiger partial charge is 0.226 e. The van der Waals surface area contributed by atoms with Crippen molar-refractivity contribution < 1.29 is 4.79 Å². The summed E-state index contributed by atoms with van der Waals surface area (Å²) in [6, 6.07) is 11.8. The van der Waals surface area contributed by atoms with E-state index in [1.165, 1.54) is 0 Å². The summed E-state index contributed by atoms with van der Waals surface area (Å²) in [4.78, 5) is 13.6. The number of carbonyl (C=O) groups excluding carboxylic acids is 1. The fraction of sp³-hybridized carbons (Fsp3) is 0.467. The van der Waals surface area contributed by atoms with Crippen LogP contribution in [0.5, 0.6) is 0 Å². The molecule has 0 aliphatic carbocycles. The maximum absolute atomic E-state index is 12.0. The number of amides is 1. The molecule has 0 aliphatic heterocycles. The molecular formula is C15H20N2O. The van der Waals surface area contributed by atoms with Gasteiger partial charge in [-0.05, 0) is 25.0 Å². The lowest BCUT2D eigenvalue weighted by molar-refractivity contribution is -0.118. The van der Waals surface area contributed by atoms with Crippen molar-refractivity contribution in [2.75, 3.05) is 11.9 Å². The van der Waals surface area contributed by atoms with Crippen molar-refractivity contribution in [3.63, 3.8) is 0 Å². The second-order valence-electron chi connectivity index (χ2n) is 4.44. The Balaban J connectivity index is 2.49. The number of benzene rings is 1. The van der Waals surface area contributed by atoms with Crippen molar-refractivity contribution >= 4 is 11.6 Å². The standard InChI is InChI=1S/C15H20N2O/c1-3-7-13(12-16)10-11-15(18)17(2)14-8-5-4-6-9-14/h4-6,8-9,13H,3,7,10-11H2,1-2H3. The molecule has 0 aliphatic rings. The first kappa shape index (κ1) is 14.2. The first-order valence-electron chi connectivity index (χ1n) is 6.40. The van der Waals surface area contributed by atoms with Crippen molar-refractivity contribution in [3.05, 3.63) is 30.3 Å². The van der Waals surface area contributed by atoms with Gasteiger partial charge in [0, 0.05) is 25.1 Å². The van der Waals surface area contributed by atoms with E-state index >= 15 is 0 Å². The van der Waals surface area contributed by atoms with Gasteiger partial charge in [-0.2, -0.15) is 5.26 Å². The summed E-state index contributed by atoms with van der Waals surface area (Å²) in [7, 11) is 1.78. The van der Waals surface area contributed by atoms with Crippen LogP contribution in [0.15, 0.2) is 30.3 Å². The topological polar surface area (TPSA) is 44.1 Å². The molecule has 1 aromatic rings. The molecule has 1 unspecified atom stereocenters. The van der Waals surface area contributed by atoms with E-state index in [0.717, 1.165) is 18.5 Å². The van der Waals surface area contributed by atoms with Gasteiger partial charge < -0.3 is 4.90 Å². The van der Waals surface area contributed by atoms with Crippen LogP contribution in [-0.4, -0.2) is 13.0 Å². The zero-order valence-corrected chi connectivity index (χ0v) is 11.1. The third-order valence-electron chi connectivity index (χ3n) is 3.04. The van der Waals surface area contributed by atoms with Gasteiger partial charge in [0.1, 0.15) is 0 Å². The van der Waals surface area contributed by atoms with Crippen LogP contribution in [0.25, 0.3) is 0 Å². The first-order valence-corrected chi connectivity index (χ1v) is 6.40. The average Bonchev–Trinajstić information content (AvgIpc) is 2.43. The van der Waals surface area contributed by atoms with Crippen LogP contribution < -0.4 is 4.90 Å². The Morgan fingerprint density at radius 1 is 1.33 bits per heavy atom. The summed E-state index contributed by atoms with van der Waals surface area (Å²) in [6.45, 7) is 2.06. The van der Waals surface area contributed by atoms with Gasteiger partial charge in [0.2, 0.25) is 5.91 Å². The second-order valence-corrected chi connectivity index (χ2v) is 4.44. The molecule has 0 aromatic heterocycles. The predicted octanol–water partition coefficient (Wildman–Crippen LogP) is 3.37. The molecule has 1 rings (SSSR count). The monoisotopic (exact) mass is 244 g/mol. The molecule has 0 fully saturated rings. The number of para-hydroxylation sites is 1. The Hall–Kier alpha value is -1.82. The normalized spacial score (nSPS) is 11.6. The molecule has 3 nitrogen and oxygen atoms in total. The number of nitriles is 1. The van der Waals surface area contributed by atoms with Crippen molar-refractivity contribution in [2.45, 2.75) is 32.6 Å². The third-order valence-corrected chi connectivity index (χ3v) is 3.04. The number of hydrogen-bond donors (Lipinski definition) is 0. The summed E-state index contributed by atoms with van der Waals surface area (Å²) in [5, 5.41) is 8.95. The first-order chi connectivity index (χ1) is 8.69. The molecule has 0 saturated carbocycles. The van der Waals surface area contributed by atoms with Gasteiger partial charge >= 0.3 is 0 Å². The molecule has 0 N–H and O–H groups in total. The lowest BCUT2D eigenvalue weighted by Crippen LogP contribution is -2.26. The number of rotatable bonds is 6. The average molecular weight is 244 g/mol. The van der Waals surface area contributed by atoms with Crippen LogP contribution in [0.3, 0.4) is 0 Å². The molecule has 96 valence electrons. The molecule has 18 heavy (non-hydrogen) atoms. The molecule has 1 amide bonds. The molecule has 0 heterocycles. The van der Waals surface area contributed by atoms with Gasteiger partial charge in [-0.15, -0.1) is 0 Å². The van der Waals surface area contributed by atoms with E-state index in [2.05, 4.69) is 13.0 Å². The van der Waals surface area contributed by atoms with Gasteiger partial charge in [0.25, 0.3) is 0 Å². The molecule has 1 atom stereocenters. The van der Waals surface area contributed by atoms with E-state index in [1.54, 1.807) is 11.9 Å².